The molecule has 0 saturated carbocycles. The van der Waals surface area contributed by atoms with Crippen LogP contribution in [0.1, 0.15) is 55.4 Å². The molecule has 0 aliphatic carbocycles. The third kappa shape index (κ3) is 26.7. The summed E-state index contributed by atoms with van der Waals surface area (Å²) in [5, 5.41) is 0. The van der Waals surface area contributed by atoms with E-state index >= 15 is 0 Å². The predicted octanol–water partition coefficient (Wildman–Crippen LogP) is 5.88. The van der Waals surface area contributed by atoms with Crippen LogP contribution in [0.3, 0.4) is 0 Å². The lowest BCUT2D eigenvalue weighted by molar-refractivity contribution is -0.327. The lowest BCUT2D eigenvalue weighted by Crippen LogP contribution is -2.44. The van der Waals surface area contributed by atoms with Crippen molar-refractivity contribution in [1.29, 1.82) is 0 Å². The highest BCUT2D eigenvalue weighted by molar-refractivity contribution is 7.89. The average Bonchev–Trinajstić information content (AvgIpc) is 2.11. The van der Waals surface area contributed by atoms with Crippen molar-refractivity contribution in [3.8, 4) is 0 Å². The fraction of sp³-hybridized carbons (Fsp3) is 1.00. The lowest BCUT2D eigenvalue weighted by Gasteiger charge is -2.29. The van der Waals surface area contributed by atoms with Crippen LogP contribution in [0.4, 0.5) is 26.3 Å². The number of hydrogen-bond acceptors (Lipinski definition) is 2. The molecular formula is C14H30F6O2S. The first kappa shape index (κ1) is 30.4. The Morgan fingerprint density at radius 2 is 0.696 bits per heavy atom. The zero-order chi connectivity index (χ0) is 20.5. The molecule has 0 bridgehead atoms. The molecule has 0 aromatic heterocycles. The van der Waals surface area contributed by atoms with Gasteiger partial charge in [-0.1, -0.05) is 41.5 Å². The Bertz CT molecular complexity index is 357. The van der Waals surface area contributed by atoms with Crippen LogP contribution >= 0.6 is 0 Å². The maximum Gasteiger partial charge on any atom is 0.402 e. The summed E-state index contributed by atoms with van der Waals surface area (Å²) in [6, 6.07) is 0. The van der Waals surface area contributed by atoms with Crippen LogP contribution in [0.25, 0.3) is 0 Å². The van der Waals surface area contributed by atoms with Gasteiger partial charge in [0.15, 0.2) is 5.41 Å². The molecule has 23 heavy (non-hydrogen) atoms. The number of halogens is 6. The highest BCUT2D eigenvalue weighted by atomic mass is 32.2. The SMILES string of the molecule is CC.CC(C)(C(F)(F)F)C(F)(F)F.CC(C)(C)C.CS(C)(=O)=O. The van der Waals surface area contributed by atoms with Gasteiger partial charge >= 0.3 is 12.4 Å². The Hall–Kier alpha value is -0.470. The van der Waals surface area contributed by atoms with Crippen molar-refractivity contribution < 1.29 is 34.8 Å². The van der Waals surface area contributed by atoms with E-state index in [-0.39, 0.29) is 13.8 Å². The summed E-state index contributed by atoms with van der Waals surface area (Å²) < 4.78 is 88.9. The van der Waals surface area contributed by atoms with Gasteiger partial charge in [0.05, 0.1) is 0 Å². The molecule has 0 N–H and O–H groups in total. The van der Waals surface area contributed by atoms with Gasteiger partial charge in [0, 0.05) is 12.5 Å². The molecule has 0 aromatic rings. The minimum atomic E-state index is -5.24. The normalized spacial score (nSPS) is 12.7. The minimum absolute atomic E-state index is 0.104. The first-order valence-corrected chi connectivity index (χ1v) is 9.08. The van der Waals surface area contributed by atoms with Gasteiger partial charge in [-0.2, -0.15) is 26.3 Å². The van der Waals surface area contributed by atoms with E-state index in [2.05, 4.69) is 27.7 Å². The second-order valence-electron chi connectivity index (χ2n) is 6.76. The van der Waals surface area contributed by atoms with Crippen molar-refractivity contribution >= 4 is 9.84 Å². The van der Waals surface area contributed by atoms with Gasteiger partial charge in [-0.15, -0.1) is 0 Å². The second-order valence-corrected chi connectivity index (χ2v) is 9.05. The van der Waals surface area contributed by atoms with Gasteiger partial charge in [-0.25, -0.2) is 8.42 Å². The van der Waals surface area contributed by atoms with E-state index in [1.807, 2.05) is 13.8 Å². The van der Waals surface area contributed by atoms with E-state index < -0.39 is 27.6 Å². The maximum atomic E-state index is 11.6. The summed E-state index contributed by atoms with van der Waals surface area (Å²) in [5.74, 6) is 0. The summed E-state index contributed by atoms with van der Waals surface area (Å²) in [6.07, 6.45) is -8.17. The molecule has 9 heteroatoms. The molecule has 0 atom stereocenters. The molecule has 0 amide bonds. The summed E-state index contributed by atoms with van der Waals surface area (Å²) in [5.41, 5.74) is -3.12. The second kappa shape index (κ2) is 10.4. The molecule has 146 valence electrons. The zero-order valence-corrected chi connectivity index (χ0v) is 16.3. The fourth-order valence-electron chi connectivity index (χ4n) is 0.161. The molecular weight excluding hydrogens is 346 g/mol. The van der Waals surface area contributed by atoms with Crippen LogP contribution in [0.15, 0.2) is 0 Å². The molecule has 0 spiro atoms. The van der Waals surface area contributed by atoms with Gasteiger partial charge in [-0.05, 0) is 19.3 Å². The third-order valence-electron chi connectivity index (χ3n) is 1.42. The first-order valence-electron chi connectivity index (χ1n) is 6.78. The van der Waals surface area contributed by atoms with Gasteiger partial charge in [0.25, 0.3) is 0 Å². The molecule has 0 fully saturated rings. The van der Waals surface area contributed by atoms with Crippen molar-refractivity contribution in [2.45, 2.75) is 67.7 Å². The molecule has 0 radical (unpaired) electrons. The van der Waals surface area contributed by atoms with E-state index in [0.29, 0.717) is 5.41 Å². The van der Waals surface area contributed by atoms with Crippen LogP contribution in [-0.2, 0) is 9.84 Å². The minimum Gasteiger partial charge on any atom is -0.229 e. The largest absolute Gasteiger partial charge is 0.402 e. The Labute approximate surface area is 136 Å². The van der Waals surface area contributed by atoms with Crippen LogP contribution in [-0.4, -0.2) is 33.3 Å². The molecule has 0 heterocycles. The number of alkyl halides is 6. The standard InChI is InChI=1S/C5H6F6.C5H12.C2H6O2S.C2H6/c1-3(2,4(6,7)8)5(9,10)11;2*1-5(2,3)4;1-2/h1-2H3;1-4H3;1-2H3;1-2H3. The molecule has 0 aliphatic heterocycles. The molecule has 0 rings (SSSR count). The van der Waals surface area contributed by atoms with Gasteiger partial charge in [-0.3, -0.25) is 0 Å². The topological polar surface area (TPSA) is 34.1 Å². The number of sulfone groups is 1. The van der Waals surface area contributed by atoms with Gasteiger partial charge in [0.1, 0.15) is 9.84 Å². The highest BCUT2D eigenvalue weighted by Gasteiger charge is 2.64. The van der Waals surface area contributed by atoms with Crippen LogP contribution < -0.4 is 0 Å². The highest BCUT2D eigenvalue weighted by Crippen LogP contribution is 2.49. The van der Waals surface area contributed by atoms with Crippen LogP contribution in [0.2, 0.25) is 0 Å². The Morgan fingerprint density at radius 3 is 0.696 bits per heavy atom. The lowest BCUT2D eigenvalue weighted by atomic mass is 9.92. The Morgan fingerprint density at radius 1 is 0.609 bits per heavy atom. The fourth-order valence-corrected chi connectivity index (χ4v) is 0.161. The van der Waals surface area contributed by atoms with Gasteiger partial charge < -0.3 is 0 Å². The van der Waals surface area contributed by atoms with Crippen molar-refractivity contribution in [2.75, 3.05) is 12.5 Å². The van der Waals surface area contributed by atoms with Crippen molar-refractivity contribution in [3.63, 3.8) is 0 Å². The van der Waals surface area contributed by atoms with Crippen molar-refractivity contribution in [2.24, 2.45) is 10.8 Å². The van der Waals surface area contributed by atoms with Crippen LogP contribution in [0.5, 0.6) is 0 Å². The molecule has 0 saturated heterocycles. The summed E-state index contributed by atoms with van der Waals surface area (Å²) in [7, 11) is -2.67. The van der Waals surface area contributed by atoms with E-state index in [1.165, 1.54) is 0 Å². The summed E-state index contributed by atoms with van der Waals surface area (Å²) >= 11 is 0. The van der Waals surface area contributed by atoms with E-state index in [0.717, 1.165) is 12.5 Å². The van der Waals surface area contributed by atoms with E-state index in [1.54, 1.807) is 0 Å². The molecule has 0 aliphatic rings. The monoisotopic (exact) mass is 376 g/mol. The predicted molar refractivity (Wildman–Crippen MR) is 83.1 cm³/mol. The number of hydrogen-bond donors (Lipinski definition) is 0. The molecule has 0 aromatic carbocycles. The first-order chi connectivity index (χ1) is 9.50. The van der Waals surface area contributed by atoms with Gasteiger partial charge in [0.2, 0.25) is 0 Å². The Balaban J connectivity index is -0.000000126. The van der Waals surface area contributed by atoms with E-state index in [9.17, 15) is 34.8 Å². The average molecular weight is 376 g/mol. The van der Waals surface area contributed by atoms with Crippen molar-refractivity contribution in [1.82, 2.24) is 0 Å². The molecule has 0 unspecified atom stereocenters. The Kier molecular flexibility index (Phi) is 13.8. The molecule has 2 nitrogen and oxygen atoms in total. The maximum absolute atomic E-state index is 11.6. The quantitative estimate of drug-likeness (QED) is 0.495. The van der Waals surface area contributed by atoms with E-state index in [4.69, 9.17) is 0 Å². The third-order valence-corrected chi connectivity index (χ3v) is 1.42. The summed E-state index contributed by atoms with van der Waals surface area (Å²) in [6.45, 7) is 13.0. The zero-order valence-electron chi connectivity index (χ0n) is 15.5. The van der Waals surface area contributed by atoms with Crippen molar-refractivity contribution in [3.05, 3.63) is 0 Å². The number of rotatable bonds is 0. The smallest absolute Gasteiger partial charge is 0.229 e. The summed E-state index contributed by atoms with van der Waals surface area (Å²) in [4.78, 5) is 0. The van der Waals surface area contributed by atoms with Crippen LogP contribution in [0, 0.1) is 10.8 Å².